The second-order valence-corrected chi connectivity index (χ2v) is 2.26. The number of methoxy groups -OCH3 is 1. The second kappa shape index (κ2) is 2.09. The Morgan fingerprint density at radius 2 is 2.38 bits per heavy atom. The molecule has 1 aromatic heterocycles. The third-order valence-corrected chi connectivity index (χ3v) is 1.29. The highest BCUT2D eigenvalue weighted by atomic mass is 32.1. The van der Waals surface area contributed by atoms with E-state index in [0.717, 1.165) is 5.01 Å². The minimum absolute atomic E-state index is 0.465. The van der Waals surface area contributed by atoms with Gasteiger partial charge in [-0.1, -0.05) is 0 Å². The Kier molecular flexibility index (Phi) is 1.43. The third kappa shape index (κ3) is 0.949. The van der Waals surface area contributed by atoms with Gasteiger partial charge in [-0.15, -0.1) is 4.37 Å². The maximum atomic E-state index is 4.72. The van der Waals surface area contributed by atoms with Gasteiger partial charge in [0.25, 0.3) is 0 Å². The summed E-state index contributed by atoms with van der Waals surface area (Å²) in [5.41, 5.74) is 0. The van der Waals surface area contributed by atoms with Crippen LogP contribution in [0.1, 0.15) is 5.01 Å². The molecule has 0 N–H and O–H groups in total. The molecule has 0 aromatic carbocycles. The molecule has 1 aromatic rings. The van der Waals surface area contributed by atoms with Crippen molar-refractivity contribution >= 4 is 11.5 Å². The smallest absolute Gasteiger partial charge is 0.328 e. The van der Waals surface area contributed by atoms with Gasteiger partial charge in [0.05, 0.1) is 7.11 Å². The van der Waals surface area contributed by atoms with Gasteiger partial charge >= 0.3 is 6.01 Å². The Bertz CT molecular complexity index is 174. The number of rotatable bonds is 1. The standard InChI is InChI=1S/C4H6N2OS/c1-3-5-4(7-2)6-8-3/h1-2H3. The summed E-state index contributed by atoms with van der Waals surface area (Å²) in [5, 5.41) is 0.932. The predicted octanol–water partition coefficient (Wildman–Crippen LogP) is 0.855. The molecule has 1 heterocycles. The maximum Gasteiger partial charge on any atom is 0.328 e. The molecule has 0 aliphatic carbocycles. The summed E-state index contributed by atoms with van der Waals surface area (Å²) in [5.74, 6) is 0. The van der Waals surface area contributed by atoms with Gasteiger partial charge in [-0.05, 0) is 18.5 Å². The van der Waals surface area contributed by atoms with Crippen LogP contribution >= 0.6 is 11.5 Å². The fraction of sp³-hybridized carbons (Fsp3) is 0.500. The van der Waals surface area contributed by atoms with Crippen LogP contribution in [-0.2, 0) is 0 Å². The number of nitrogens with zero attached hydrogens (tertiary/aromatic N) is 2. The van der Waals surface area contributed by atoms with Crippen LogP contribution in [0.2, 0.25) is 0 Å². The summed E-state index contributed by atoms with van der Waals surface area (Å²) >= 11 is 1.34. The van der Waals surface area contributed by atoms with Crippen LogP contribution in [-0.4, -0.2) is 16.5 Å². The molecule has 0 fully saturated rings. The zero-order valence-corrected chi connectivity index (χ0v) is 5.53. The average Bonchev–Trinajstić information content (AvgIpc) is 2.14. The molecule has 44 valence electrons. The van der Waals surface area contributed by atoms with E-state index in [2.05, 4.69) is 9.36 Å². The van der Waals surface area contributed by atoms with Crippen LogP contribution in [0.5, 0.6) is 6.01 Å². The first-order valence-corrected chi connectivity index (χ1v) is 2.94. The number of aromatic nitrogens is 2. The molecule has 0 spiro atoms. The third-order valence-electron chi connectivity index (χ3n) is 0.692. The topological polar surface area (TPSA) is 35.0 Å². The van der Waals surface area contributed by atoms with Crippen LogP contribution in [0.15, 0.2) is 0 Å². The van der Waals surface area contributed by atoms with E-state index in [1.807, 2.05) is 6.92 Å². The highest BCUT2D eigenvalue weighted by Crippen LogP contribution is 2.07. The Balaban J connectivity index is 2.84. The van der Waals surface area contributed by atoms with Crippen LogP contribution in [0, 0.1) is 6.92 Å². The minimum atomic E-state index is 0.465. The quantitative estimate of drug-likeness (QED) is 0.565. The lowest BCUT2D eigenvalue weighted by Gasteiger charge is -1.83. The van der Waals surface area contributed by atoms with Gasteiger partial charge in [-0.2, -0.15) is 4.98 Å². The Morgan fingerprint density at radius 1 is 1.62 bits per heavy atom. The van der Waals surface area contributed by atoms with E-state index in [0.29, 0.717) is 6.01 Å². The molecule has 0 saturated carbocycles. The van der Waals surface area contributed by atoms with Crippen LogP contribution in [0.4, 0.5) is 0 Å². The summed E-state index contributed by atoms with van der Waals surface area (Å²) in [4.78, 5) is 3.91. The van der Waals surface area contributed by atoms with Crippen LogP contribution in [0.25, 0.3) is 0 Å². The summed E-state index contributed by atoms with van der Waals surface area (Å²) < 4.78 is 8.57. The van der Waals surface area contributed by atoms with Gasteiger partial charge in [-0.3, -0.25) is 0 Å². The molecule has 8 heavy (non-hydrogen) atoms. The lowest BCUT2D eigenvalue weighted by atomic mass is 10.8. The summed E-state index contributed by atoms with van der Waals surface area (Å²) in [7, 11) is 1.56. The van der Waals surface area contributed by atoms with Crippen molar-refractivity contribution in [1.29, 1.82) is 0 Å². The highest BCUT2D eigenvalue weighted by Gasteiger charge is 1.94. The molecular formula is C4H6N2OS. The number of hydrogen-bond acceptors (Lipinski definition) is 4. The molecule has 0 aliphatic heterocycles. The minimum Gasteiger partial charge on any atom is -0.466 e. The van der Waals surface area contributed by atoms with Crippen molar-refractivity contribution in [3.63, 3.8) is 0 Å². The largest absolute Gasteiger partial charge is 0.466 e. The van der Waals surface area contributed by atoms with E-state index in [4.69, 9.17) is 4.74 Å². The van der Waals surface area contributed by atoms with Crippen molar-refractivity contribution in [2.24, 2.45) is 0 Å². The highest BCUT2D eigenvalue weighted by molar-refractivity contribution is 7.05. The fourth-order valence-electron chi connectivity index (χ4n) is 0.364. The number of ether oxygens (including phenoxy) is 1. The molecule has 0 atom stereocenters. The summed E-state index contributed by atoms with van der Waals surface area (Å²) in [6.07, 6.45) is 0. The molecule has 3 nitrogen and oxygen atoms in total. The first-order valence-electron chi connectivity index (χ1n) is 2.17. The Morgan fingerprint density at radius 3 is 2.62 bits per heavy atom. The fourth-order valence-corrected chi connectivity index (χ4v) is 0.808. The number of hydrogen-bond donors (Lipinski definition) is 0. The van der Waals surface area contributed by atoms with Gasteiger partial charge in [0.15, 0.2) is 0 Å². The second-order valence-electron chi connectivity index (χ2n) is 1.30. The van der Waals surface area contributed by atoms with Gasteiger partial charge in [0.2, 0.25) is 0 Å². The summed E-state index contributed by atoms with van der Waals surface area (Å²) in [6.45, 7) is 1.89. The Hall–Kier alpha value is -0.640. The predicted molar refractivity (Wildman–Crippen MR) is 31.2 cm³/mol. The van der Waals surface area contributed by atoms with E-state index in [1.165, 1.54) is 11.5 Å². The van der Waals surface area contributed by atoms with Crippen LogP contribution in [0.3, 0.4) is 0 Å². The molecule has 0 aliphatic rings. The van der Waals surface area contributed by atoms with Crippen molar-refractivity contribution in [1.82, 2.24) is 9.36 Å². The zero-order chi connectivity index (χ0) is 5.98. The molecule has 0 radical (unpaired) electrons. The van der Waals surface area contributed by atoms with Crippen LogP contribution < -0.4 is 4.74 Å². The first-order chi connectivity index (χ1) is 3.83. The van der Waals surface area contributed by atoms with Gasteiger partial charge in [0.1, 0.15) is 5.01 Å². The Labute approximate surface area is 51.5 Å². The van der Waals surface area contributed by atoms with Crippen molar-refractivity contribution in [2.45, 2.75) is 6.92 Å². The molecular weight excluding hydrogens is 124 g/mol. The molecule has 1 rings (SSSR count). The van der Waals surface area contributed by atoms with E-state index < -0.39 is 0 Å². The van der Waals surface area contributed by atoms with E-state index in [-0.39, 0.29) is 0 Å². The van der Waals surface area contributed by atoms with Gasteiger partial charge in [-0.25, -0.2) is 0 Å². The first kappa shape index (κ1) is 5.50. The van der Waals surface area contributed by atoms with Gasteiger partial charge in [0, 0.05) is 0 Å². The van der Waals surface area contributed by atoms with Crippen molar-refractivity contribution in [3.8, 4) is 6.01 Å². The lowest BCUT2D eigenvalue weighted by molar-refractivity contribution is 0.385. The molecule has 0 saturated heterocycles. The average molecular weight is 130 g/mol. The van der Waals surface area contributed by atoms with E-state index >= 15 is 0 Å². The van der Waals surface area contributed by atoms with Crippen molar-refractivity contribution in [3.05, 3.63) is 5.01 Å². The SMILES string of the molecule is COc1nsc(C)n1. The van der Waals surface area contributed by atoms with Crippen molar-refractivity contribution < 1.29 is 4.74 Å². The molecule has 0 bridgehead atoms. The monoisotopic (exact) mass is 130 g/mol. The lowest BCUT2D eigenvalue weighted by Crippen LogP contribution is -1.82. The van der Waals surface area contributed by atoms with E-state index in [1.54, 1.807) is 7.11 Å². The van der Waals surface area contributed by atoms with Crippen molar-refractivity contribution in [2.75, 3.05) is 7.11 Å². The molecule has 0 amide bonds. The molecule has 0 unspecified atom stereocenters. The normalized spacial score (nSPS) is 9.25. The molecule has 4 heteroatoms. The maximum absolute atomic E-state index is 4.72. The summed E-state index contributed by atoms with van der Waals surface area (Å²) in [6, 6.07) is 0.465. The van der Waals surface area contributed by atoms with E-state index in [9.17, 15) is 0 Å². The van der Waals surface area contributed by atoms with Gasteiger partial charge < -0.3 is 4.74 Å². The number of aryl methyl sites for hydroxylation is 1. The zero-order valence-electron chi connectivity index (χ0n) is 4.71.